The molecule has 1 fully saturated rings. The van der Waals surface area contributed by atoms with Gasteiger partial charge in [0.25, 0.3) is 5.91 Å². The maximum absolute atomic E-state index is 12.0. The summed E-state index contributed by atoms with van der Waals surface area (Å²) in [6.45, 7) is 3.74. The second-order valence-corrected chi connectivity index (χ2v) is 5.68. The number of rotatable bonds is 8. The SMILES string of the molecule is CCOc1cc(C=O)ccc1OCC(=O)N[C@](C)(C#N)C1CC1. The highest BCUT2D eigenvalue weighted by Gasteiger charge is 2.43. The Hall–Kier alpha value is -2.55. The number of ether oxygens (including phenoxy) is 2. The first-order valence-corrected chi connectivity index (χ1v) is 7.59. The number of amides is 1. The summed E-state index contributed by atoms with van der Waals surface area (Å²) in [5, 5.41) is 12.0. The van der Waals surface area contributed by atoms with Crippen LogP contribution in [-0.2, 0) is 4.79 Å². The molecule has 0 unspecified atom stereocenters. The van der Waals surface area contributed by atoms with Crippen molar-refractivity contribution in [2.75, 3.05) is 13.2 Å². The van der Waals surface area contributed by atoms with Crippen molar-refractivity contribution in [3.8, 4) is 17.6 Å². The largest absolute Gasteiger partial charge is 0.490 e. The van der Waals surface area contributed by atoms with E-state index in [-0.39, 0.29) is 18.4 Å². The van der Waals surface area contributed by atoms with Gasteiger partial charge in [0.05, 0.1) is 12.7 Å². The Labute approximate surface area is 135 Å². The standard InChI is InChI=1S/C17H20N2O4/c1-3-22-15-8-12(9-20)4-7-14(15)23-10-16(21)19-17(2,11-18)13-5-6-13/h4,7-9,13H,3,5-6,10H2,1-2H3,(H,19,21)/t17-/m1/s1. The van der Waals surface area contributed by atoms with E-state index >= 15 is 0 Å². The highest BCUT2D eigenvalue weighted by Crippen LogP contribution is 2.39. The quantitative estimate of drug-likeness (QED) is 0.742. The minimum Gasteiger partial charge on any atom is -0.490 e. The van der Waals surface area contributed by atoms with Crippen LogP contribution < -0.4 is 14.8 Å². The maximum Gasteiger partial charge on any atom is 0.259 e. The normalized spacial score (nSPS) is 15.9. The topological polar surface area (TPSA) is 88.4 Å². The van der Waals surface area contributed by atoms with Crippen molar-refractivity contribution in [1.82, 2.24) is 5.32 Å². The fourth-order valence-electron chi connectivity index (χ4n) is 2.34. The van der Waals surface area contributed by atoms with Crippen LogP contribution in [0.2, 0.25) is 0 Å². The van der Waals surface area contributed by atoms with Crippen molar-refractivity contribution in [3.63, 3.8) is 0 Å². The number of nitrogens with zero attached hydrogens (tertiary/aromatic N) is 1. The summed E-state index contributed by atoms with van der Waals surface area (Å²) in [4.78, 5) is 22.8. The predicted molar refractivity (Wildman–Crippen MR) is 83.4 cm³/mol. The van der Waals surface area contributed by atoms with Gasteiger partial charge in [-0.15, -0.1) is 0 Å². The third-order valence-electron chi connectivity index (χ3n) is 3.79. The molecule has 1 aliphatic rings. The molecule has 1 N–H and O–H groups in total. The number of hydrogen-bond acceptors (Lipinski definition) is 5. The van der Waals surface area contributed by atoms with Crippen LogP contribution in [-0.4, -0.2) is 30.9 Å². The summed E-state index contributed by atoms with van der Waals surface area (Å²) in [6.07, 6.45) is 2.62. The minimum atomic E-state index is -0.843. The van der Waals surface area contributed by atoms with E-state index < -0.39 is 5.54 Å². The molecule has 0 heterocycles. The Morgan fingerprint density at radius 1 is 1.43 bits per heavy atom. The number of benzene rings is 1. The van der Waals surface area contributed by atoms with Gasteiger partial charge in [-0.25, -0.2) is 0 Å². The number of carbonyl (C=O) groups is 2. The van der Waals surface area contributed by atoms with E-state index in [1.165, 1.54) is 0 Å². The van der Waals surface area contributed by atoms with E-state index in [1.54, 1.807) is 25.1 Å². The molecule has 0 saturated heterocycles. The molecule has 1 saturated carbocycles. The second-order valence-electron chi connectivity index (χ2n) is 5.68. The summed E-state index contributed by atoms with van der Waals surface area (Å²) in [5.41, 5.74) is -0.374. The minimum absolute atomic E-state index is 0.210. The number of nitrogens with one attached hydrogen (secondary N) is 1. The Morgan fingerprint density at radius 3 is 2.74 bits per heavy atom. The molecule has 2 rings (SSSR count). The van der Waals surface area contributed by atoms with Gasteiger partial charge in [0.1, 0.15) is 11.8 Å². The van der Waals surface area contributed by atoms with Crippen molar-refractivity contribution in [2.45, 2.75) is 32.2 Å². The molecule has 0 bridgehead atoms. The summed E-state index contributed by atoms with van der Waals surface area (Å²) < 4.78 is 10.9. The van der Waals surface area contributed by atoms with E-state index in [9.17, 15) is 14.9 Å². The molecule has 0 aromatic heterocycles. The van der Waals surface area contributed by atoms with Gasteiger partial charge in [0.15, 0.2) is 18.1 Å². The fraction of sp³-hybridized carbons (Fsp3) is 0.471. The molecule has 1 amide bonds. The Morgan fingerprint density at radius 2 is 2.17 bits per heavy atom. The molecule has 1 aromatic carbocycles. The van der Waals surface area contributed by atoms with Crippen LogP contribution in [0.3, 0.4) is 0 Å². The van der Waals surface area contributed by atoms with E-state index in [0.29, 0.717) is 30.0 Å². The van der Waals surface area contributed by atoms with Crippen LogP contribution in [0.5, 0.6) is 11.5 Å². The number of hydrogen-bond donors (Lipinski definition) is 1. The molecule has 0 aliphatic heterocycles. The molecule has 6 heteroatoms. The lowest BCUT2D eigenvalue weighted by molar-refractivity contribution is -0.124. The molecule has 23 heavy (non-hydrogen) atoms. The summed E-state index contributed by atoms with van der Waals surface area (Å²) in [6, 6.07) is 6.91. The van der Waals surface area contributed by atoms with Crippen LogP contribution in [0.1, 0.15) is 37.0 Å². The lowest BCUT2D eigenvalue weighted by Crippen LogP contribution is -2.48. The van der Waals surface area contributed by atoms with Crippen LogP contribution >= 0.6 is 0 Å². The molecule has 122 valence electrons. The van der Waals surface area contributed by atoms with E-state index in [0.717, 1.165) is 12.8 Å². The lowest BCUT2D eigenvalue weighted by Gasteiger charge is -2.23. The molecule has 1 aliphatic carbocycles. The average Bonchev–Trinajstić information content (AvgIpc) is 3.39. The van der Waals surface area contributed by atoms with Crippen molar-refractivity contribution >= 4 is 12.2 Å². The van der Waals surface area contributed by atoms with Crippen LogP contribution in [0, 0.1) is 17.2 Å². The zero-order chi connectivity index (χ0) is 16.9. The van der Waals surface area contributed by atoms with Crippen molar-refractivity contribution in [2.24, 2.45) is 5.92 Å². The van der Waals surface area contributed by atoms with Crippen molar-refractivity contribution in [1.29, 1.82) is 5.26 Å². The zero-order valence-corrected chi connectivity index (χ0v) is 13.3. The third kappa shape index (κ3) is 4.22. The molecular weight excluding hydrogens is 296 g/mol. The van der Waals surface area contributed by atoms with Gasteiger partial charge in [0.2, 0.25) is 0 Å². The smallest absolute Gasteiger partial charge is 0.259 e. The average molecular weight is 316 g/mol. The molecule has 0 spiro atoms. The summed E-state index contributed by atoms with van der Waals surface area (Å²) >= 11 is 0. The monoisotopic (exact) mass is 316 g/mol. The van der Waals surface area contributed by atoms with Crippen LogP contribution in [0.4, 0.5) is 0 Å². The van der Waals surface area contributed by atoms with Gasteiger partial charge in [-0.1, -0.05) is 0 Å². The maximum atomic E-state index is 12.0. The summed E-state index contributed by atoms with van der Waals surface area (Å²) in [5.74, 6) is 0.651. The fourth-order valence-corrected chi connectivity index (χ4v) is 2.34. The number of aldehydes is 1. The molecule has 1 atom stereocenters. The first-order chi connectivity index (χ1) is 11.0. The molecule has 0 radical (unpaired) electrons. The van der Waals surface area contributed by atoms with Crippen molar-refractivity contribution in [3.05, 3.63) is 23.8 Å². The first kappa shape index (κ1) is 16.8. The van der Waals surface area contributed by atoms with Crippen molar-refractivity contribution < 1.29 is 19.1 Å². The van der Waals surface area contributed by atoms with Gasteiger partial charge in [-0.3, -0.25) is 9.59 Å². The van der Waals surface area contributed by atoms with Gasteiger partial charge < -0.3 is 14.8 Å². The van der Waals surface area contributed by atoms with E-state index in [1.807, 2.05) is 6.92 Å². The Bertz CT molecular complexity index is 634. The lowest BCUT2D eigenvalue weighted by atomic mass is 9.98. The van der Waals surface area contributed by atoms with Crippen LogP contribution in [0.25, 0.3) is 0 Å². The first-order valence-electron chi connectivity index (χ1n) is 7.59. The van der Waals surface area contributed by atoms with Gasteiger partial charge in [-0.2, -0.15) is 5.26 Å². The highest BCUT2D eigenvalue weighted by atomic mass is 16.5. The molecular formula is C17H20N2O4. The van der Waals surface area contributed by atoms with Gasteiger partial charge in [0, 0.05) is 5.56 Å². The Kier molecular flexibility index (Phi) is 5.22. The third-order valence-corrected chi connectivity index (χ3v) is 3.79. The van der Waals surface area contributed by atoms with E-state index in [4.69, 9.17) is 9.47 Å². The Balaban J connectivity index is 1.98. The van der Waals surface area contributed by atoms with E-state index in [2.05, 4.69) is 11.4 Å². The second kappa shape index (κ2) is 7.14. The van der Waals surface area contributed by atoms with Crippen LogP contribution in [0.15, 0.2) is 18.2 Å². The number of nitriles is 1. The van der Waals surface area contributed by atoms with Gasteiger partial charge in [-0.05, 0) is 50.8 Å². The molecule has 6 nitrogen and oxygen atoms in total. The zero-order valence-electron chi connectivity index (χ0n) is 13.3. The summed E-state index contributed by atoms with van der Waals surface area (Å²) in [7, 11) is 0. The predicted octanol–water partition coefficient (Wildman–Crippen LogP) is 2.09. The highest BCUT2D eigenvalue weighted by molar-refractivity contribution is 5.79. The number of carbonyl (C=O) groups excluding carboxylic acids is 2. The molecule has 1 aromatic rings. The van der Waals surface area contributed by atoms with Gasteiger partial charge >= 0.3 is 0 Å².